The van der Waals surface area contributed by atoms with Crippen LogP contribution >= 0.6 is 0 Å². The molecule has 0 bridgehead atoms. The molecule has 0 amide bonds. The molecule has 2 aliphatic rings. The first-order chi connectivity index (χ1) is 5.33. The first-order valence-corrected chi connectivity index (χ1v) is 3.81. The number of aliphatic hydroxyl groups excluding tert-OH is 1. The Morgan fingerprint density at radius 3 is 3.00 bits per heavy atom. The minimum atomic E-state index is -0.521. The second kappa shape index (κ2) is 2.71. The van der Waals surface area contributed by atoms with Crippen LogP contribution in [-0.2, 0) is 14.2 Å². The molecule has 4 atom stereocenters. The Bertz CT molecular complexity index is 149. The van der Waals surface area contributed by atoms with E-state index in [-0.39, 0.29) is 12.2 Å². The van der Waals surface area contributed by atoms with Gasteiger partial charge in [0.1, 0.15) is 6.10 Å². The number of hydrogen-bond acceptors (Lipinski definition) is 4. The molecule has 1 N–H and O–H groups in total. The van der Waals surface area contributed by atoms with Crippen molar-refractivity contribution in [3.05, 3.63) is 0 Å². The lowest BCUT2D eigenvalue weighted by Crippen LogP contribution is -2.27. The van der Waals surface area contributed by atoms with E-state index in [2.05, 4.69) is 0 Å². The summed E-state index contributed by atoms with van der Waals surface area (Å²) < 4.78 is 15.4. The van der Waals surface area contributed by atoms with Crippen LogP contribution in [0.2, 0.25) is 0 Å². The van der Waals surface area contributed by atoms with Crippen LogP contribution in [0.25, 0.3) is 0 Å². The largest absolute Gasteiger partial charge is 0.387 e. The Kier molecular flexibility index (Phi) is 1.85. The molecule has 11 heavy (non-hydrogen) atoms. The Balaban J connectivity index is 2.04. The van der Waals surface area contributed by atoms with Crippen LogP contribution in [0.1, 0.15) is 6.42 Å². The molecule has 2 unspecified atom stereocenters. The molecule has 0 radical (unpaired) electrons. The number of ether oxygens (including phenoxy) is 3. The molecule has 2 aliphatic heterocycles. The van der Waals surface area contributed by atoms with Gasteiger partial charge < -0.3 is 19.3 Å². The summed E-state index contributed by atoms with van der Waals surface area (Å²) >= 11 is 0. The van der Waals surface area contributed by atoms with Gasteiger partial charge in [-0.2, -0.15) is 0 Å². The van der Waals surface area contributed by atoms with Gasteiger partial charge in [0.2, 0.25) is 0 Å². The Morgan fingerprint density at radius 2 is 2.36 bits per heavy atom. The average molecular weight is 160 g/mol. The predicted octanol–water partition coefficient (Wildman–Crippen LogP) is -0.287. The highest BCUT2D eigenvalue weighted by Crippen LogP contribution is 2.35. The van der Waals surface area contributed by atoms with E-state index in [1.165, 1.54) is 7.11 Å². The smallest absolute Gasteiger partial charge is 0.186 e. The van der Waals surface area contributed by atoms with E-state index in [1.807, 2.05) is 0 Å². The van der Waals surface area contributed by atoms with E-state index in [4.69, 9.17) is 14.2 Å². The Hall–Kier alpha value is -0.160. The molecule has 0 spiro atoms. The van der Waals surface area contributed by atoms with Gasteiger partial charge >= 0.3 is 0 Å². The van der Waals surface area contributed by atoms with Crippen molar-refractivity contribution in [2.75, 3.05) is 13.7 Å². The van der Waals surface area contributed by atoms with Gasteiger partial charge in [0.25, 0.3) is 0 Å². The van der Waals surface area contributed by atoms with Gasteiger partial charge in [0, 0.05) is 13.0 Å². The molecule has 0 saturated carbocycles. The van der Waals surface area contributed by atoms with Gasteiger partial charge in [0.15, 0.2) is 12.6 Å². The van der Waals surface area contributed by atoms with Crippen molar-refractivity contribution < 1.29 is 19.3 Å². The van der Waals surface area contributed by atoms with Gasteiger partial charge in [-0.3, -0.25) is 0 Å². The molecule has 4 nitrogen and oxygen atoms in total. The SMILES string of the molecule is COC1OC2OCC[C@H]2[C@H]1O. The van der Waals surface area contributed by atoms with E-state index in [9.17, 15) is 5.11 Å². The maximum Gasteiger partial charge on any atom is 0.186 e. The zero-order valence-corrected chi connectivity index (χ0v) is 6.40. The van der Waals surface area contributed by atoms with Crippen molar-refractivity contribution in [2.45, 2.75) is 25.1 Å². The third kappa shape index (κ3) is 1.06. The quantitative estimate of drug-likeness (QED) is 0.572. The van der Waals surface area contributed by atoms with Crippen LogP contribution in [0.15, 0.2) is 0 Å². The lowest BCUT2D eigenvalue weighted by Gasteiger charge is -2.13. The molecule has 2 fully saturated rings. The fraction of sp³-hybridized carbons (Fsp3) is 1.00. The lowest BCUT2D eigenvalue weighted by molar-refractivity contribution is -0.201. The normalized spacial score (nSPS) is 49.6. The van der Waals surface area contributed by atoms with Crippen molar-refractivity contribution in [3.8, 4) is 0 Å². The topological polar surface area (TPSA) is 47.9 Å². The first-order valence-electron chi connectivity index (χ1n) is 3.81. The standard InChI is InChI=1S/C7H12O4/c1-9-7-5(8)4-2-3-10-6(4)11-7/h4-8H,2-3H2,1H3/t4-,5+,6?,7?/m0/s1. The van der Waals surface area contributed by atoms with E-state index < -0.39 is 12.4 Å². The monoisotopic (exact) mass is 160 g/mol. The van der Waals surface area contributed by atoms with Crippen LogP contribution in [0.5, 0.6) is 0 Å². The number of hydrogen-bond donors (Lipinski definition) is 1. The Labute approximate surface area is 65.1 Å². The van der Waals surface area contributed by atoms with Crippen molar-refractivity contribution in [2.24, 2.45) is 5.92 Å². The van der Waals surface area contributed by atoms with Gasteiger partial charge in [-0.05, 0) is 6.42 Å². The lowest BCUT2D eigenvalue weighted by atomic mass is 10.0. The van der Waals surface area contributed by atoms with E-state index >= 15 is 0 Å². The number of fused-ring (bicyclic) bond motifs is 1. The molecule has 2 heterocycles. The summed E-state index contributed by atoms with van der Waals surface area (Å²) in [7, 11) is 1.52. The highest BCUT2D eigenvalue weighted by Gasteiger charge is 2.47. The molecule has 0 aliphatic carbocycles. The maximum atomic E-state index is 9.53. The molecular formula is C7H12O4. The molecule has 4 heteroatoms. The second-order valence-electron chi connectivity index (χ2n) is 2.92. The third-order valence-corrected chi connectivity index (χ3v) is 2.30. The summed E-state index contributed by atoms with van der Waals surface area (Å²) in [6.45, 7) is 0.683. The summed E-state index contributed by atoms with van der Waals surface area (Å²) in [5, 5.41) is 9.53. The van der Waals surface area contributed by atoms with Crippen LogP contribution < -0.4 is 0 Å². The number of aliphatic hydroxyl groups is 1. The highest BCUT2D eigenvalue weighted by atomic mass is 16.8. The van der Waals surface area contributed by atoms with Crippen LogP contribution in [0, 0.1) is 5.92 Å². The van der Waals surface area contributed by atoms with Crippen LogP contribution in [0.3, 0.4) is 0 Å². The van der Waals surface area contributed by atoms with Crippen molar-refractivity contribution >= 4 is 0 Å². The van der Waals surface area contributed by atoms with Crippen LogP contribution in [0.4, 0.5) is 0 Å². The molecule has 0 aromatic heterocycles. The minimum Gasteiger partial charge on any atom is -0.387 e. The van der Waals surface area contributed by atoms with Gasteiger partial charge in [-0.1, -0.05) is 0 Å². The van der Waals surface area contributed by atoms with Gasteiger partial charge in [-0.15, -0.1) is 0 Å². The van der Waals surface area contributed by atoms with E-state index in [1.54, 1.807) is 0 Å². The first kappa shape index (κ1) is 7.49. The van der Waals surface area contributed by atoms with Crippen molar-refractivity contribution in [1.82, 2.24) is 0 Å². The number of rotatable bonds is 1. The van der Waals surface area contributed by atoms with Crippen molar-refractivity contribution in [3.63, 3.8) is 0 Å². The van der Waals surface area contributed by atoms with Crippen molar-refractivity contribution in [1.29, 1.82) is 0 Å². The summed E-state index contributed by atoms with van der Waals surface area (Å²) in [5.41, 5.74) is 0. The zero-order chi connectivity index (χ0) is 7.84. The average Bonchev–Trinajstić information content (AvgIpc) is 2.53. The third-order valence-electron chi connectivity index (χ3n) is 2.30. The summed E-state index contributed by atoms with van der Waals surface area (Å²) in [4.78, 5) is 0. The second-order valence-corrected chi connectivity index (χ2v) is 2.92. The zero-order valence-electron chi connectivity index (χ0n) is 6.40. The van der Waals surface area contributed by atoms with Gasteiger partial charge in [0.05, 0.1) is 6.61 Å². The molecule has 2 saturated heterocycles. The molecule has 0 aromatic carbocycles. The Morgan fingerprint density at radius 1 is 1.55 bits per heavy atom. The van der Waals surface area contributed by atoms with E-state index in [0.717, 1.165) is 6.42 Å². The predicted molar refractivity (Wildman–Crippen MR) is 35.7 cm³/mol. The summed E-state index contributed by atoms with van der Waals surface area (Å²) in [6.07, 6.45) is -0.390. The fourth-order valence-electron chi connectivity index (χ4n) is 1.66. The molecule has 0 aromatic rings. The maximum absolute atomic E-state index is 9.53. The molecular weight excluding hydrogens is 148 g/mol. The summed E-state index contributed by atoms with van der Waals surface area (Å²) in [5.74, 6) is 0.111. The summed E-state index contributed by atoms with van der Waals surface area (Å²) in [6, 6.07) is 0. The number of methoxy groups -OCH3 is 1. The molecule has 2 rings (SSSR count). The highest BCUT2D eigenvalue weighted by molar-refractivity contribution is 4.85. The van der Waals surface area contributed by atoms with Crippen LogP contribution in [-0.4, -0.2) is 37.5 Å². The van der Waals surface area contributed by atoms with E-state index in [0.29, 0.717) is 6.61 Å². The minimum absolute atomic E-state index is 0.111. The fourth-order valence-corrected chi connectivity index (χ4v) is 1.66. The molecule has 64 valence electrons. The van der Waals surface area contributed by atoms with Gasteiger partial charge in [-0.25, -0.2) is 0 Å².